The normalized spacial score (nSPS) is 20.4. The molecule has 4 atom stereocenters. The van der Waals surface area contributed by atoms with Crippen molar-refractivity contribution in [1.82, 2.24) is 26.1 Å². The quantitative estimate of drug-likeness (QED) is 0.0825. The number of aromatic nitrogens is 1. The number of amides is 3. The molecule has 1 aliphatic carbocycles. The molecule has 15 nitrogen and oxygen atoms in total. The van der Waals surface area contributed by atoms with E-state index in [1.54, 1.807) is 34.6 Å². The number of nitrogens with one attached hydrogen (secondary N) is 3. The van der Waals surface area contributed by atoms with Crippen LogP contribution < -0.4 is 16.1 Å². The van der Waals surface area contributed by atoms with E-state index in [-0.39, 0.29) is 6.54 Å². The average Bonchev–Trinajstić information content (AvgIpc) is 3.16. The second-order valence-corrected chi connectivity index (χ2v) is 18.7. The summed E-state index contributed by atoms with van der Waals surface area (Å²) in [7, 11) is 1.47. The van der Waals surface area contributed by atoms with E-state index in [1.165, 1.54) is 19.0 Å². The van der Waals surface area contributed by atoms with Gasteiger partial charge in [0.2, 0.25) is 3.79 Å². The third-order valence-electron chi connectivity index (χ3n) is 9.80. The van der Waals surface area contributed by atoms with E-state index in [4.69, 9.17) is 58.8 Å². The number of alkyl halides is 3. The molecule has 2 heterocycles. The molecule has 2 aromatic rings. The van der Waals surface area contributed by atoms with Gasteiger partial charge in [0.05, 0.1) is 28.4 Å². The van der Waals surface area contributed by atoms with Gasteiger partial charge >= 0.3 is 18.0 Å². The molecule has 4 rings (SSSR count). The van der Waals surface area contributed by atoms with Crippen molar-refractivity contribution < 1.29 is 43.0 Å². The van der Waals surface area contributed by atoms with E-state index < -0.39 is 81.4 Å². The number of carbonyl (C=O) groups is 5. The summed E-state index contributed by atoms with van der Waals surface area (Å²) in [5.74, 6) is -2.87. The van der Waals surface area contributed by atoms with Crippen LogP contribution in [0.5, 0.6) is 0 Å². The van der Waals surface area contributed by atoms with Gasteiger partial charge < -0.3 is 29.7 Å². The fourth-order valence-electron chi connectivity index (χ4n) is 6.64. The molecule has 3 N–H and O–H groups in total. The van der Waals surface area contributed by atoms with Crippen LogP contribution in [-0.2, 0) is 38.2 Å². The highest BCUT2D eigenvalue weighted by Gasteiger charge is 2.43. The van der Waals surface area contributed by atoms with Gasteiger partial charge in [0.25, 0.3) is 11.8 Å². The fraction of sp³-hybridized carbons (Fsp3) is 0.585. The molecule has 59 heavy (non-hydrogen) atoms. The number of nitrogens with zero attached hydrogens (tertiary/aromatic N) is 3. The van der Waals surface area contributed by atoms with E-state index in [2.05, 4.69) is 21.2 Å². The SMILES string of the molecule is CON=C1CCC(C=Cc2ccc3ccc(C(C)NC(=O)OC(C)(C)C)nc3c2)(C(=O)OC(C(=O)NC(C)C(=O)N2CCCC(C(=O)OCC(Cl)(Cl)Cl)N2)C(C)C)CC1. The molecule has 324 valence electrons. The largest absolute Gasteiger partial charge is 0.460 e. The lowest BCUT2D eigenvalue weighted by atomic mass is 9.73. The van der Waals surface area contributed by atoms with Gasteiger partial charge in [0, 0.05) is 11.9 Å². The highest BCUT2D eigenvalue weighted by molar-refractivity contribution is 6.67. The van der Waals surface area contributed by atoms with Crippen LogP contribution in [0.1, 0.15) is 104 Å². The maximum atomic E-state index is 14.3. The summed E-state index contributed by atoms with van der Waals surface area (Å²) in [6, 6.07) is 7.18. The molecule has 1 aliphatic heterocycles. The zero-order chi connectivity index (χ0) is 43.7. The molecule has 3 amide bonds. The van der Waals surface area contributed by atoms with Gasteiger partial charge in [0.15, 0.2) is 6.10 Å². The third kappa shape index (κ3) is 13.9. The molecule has 2 fully saturated rings. The predicted octanol–water partition coefficient (Wildman–Crippen LogP) is 6.88. The Hall–Kier alpha value is -4.18. The molecule has 4 unspecified atom stereocenters. The Kier molecular flexibility index (Phi) is 16.4. The number of hydrazine groups is 1. The number of pyridine rings is 1. The molecule has 0 spiro atoms. The zero-order valence-electron chi connectivity index (χ0n) is 34.7. The summed E-state index contributed by atoms with van der Waals surface area (Å²) in [4.78, 5) is 76.2. The summed E-state index contributed by atoms with van der Waals surface area (Å²) in [6.45, 7) is 12.0. The first-order valence-corrected chi connectivity index (χ1v) is 20.7. The van der Waals surface area contributed by atoms with Gasteiger partial charge in [-0.1, -0.05) is 84.2 Å². The number of rotatable bonds is 13. The Morgan fingerprint density at radius 1 is 1.03 bits per heavy atom. The molecule has 1 saturated carbocycles. The predicted molar refractivity (Wildman–Crippen MR) is 225 cm³/mol. The Balaban J connectivity index is 1.49. The van der Waals surface area contributed by atoms with E-state index in [9.17, 15) is 24.0 Å². The number of hydrogen-bond donors (Lipinski definition) is 3. The monoisotopic (exact) mass is 880 g/mol. The third-order valence-corrected chi connectivity index (χ3v) is 10.1. The lowest BCUT2D eigenvalue weighted by Gasteiger charge is -2.36. The first-order chi connectivity index (χ1) is 27.6. The summed E-state index contributed by atoms with van der Waals surface area (Å²) in [6.07, 6.45) is 4.37. The van der Waals surface area contributed by atoms with Crippen molar-refractivity contribution in [2.24, 2.45) is 16.5 Å². The number of ether oxygens (including phenoxy) is 3. The lowest BCUT2D eigenvalue weighted by Crippen LogP contribution is -2.60. The van der Waals surface area contributed by atoms with Crippen molar-refractivity contribution in [3.8, 4) is 0 Å². The molecule has 1 aromatic heterocycles. The van der Waals surface area contributed by atoms with Crippen LogP contribution in [0.25, 0.3) is 17.0 Å². The minimum Gasteiger partial charge on any atom is -0.460 e. The Labute approximate surface area is 360 Å². The molecule has 2 aliphatic rings. The maximum Gasteiger partial charge on any atom is 0.408 e. The van der Waals surface area contributed by atoms with Crippen LogP contribution in [0, 0.1) is 11.3 Å². The molecule has 1 saturated heterocycles. The molecule has 18 heteroatoms. The average molecular weight is 882 g/mol. The van der Waals surface area contributed by atoms with E-state index in [1.807, 2.05) is 49.4 Å². The molecule has 0 bridgehead atoms. The maximum absolute atomic E-state index is 14.3. The standard InChI is InChI=1S/C41H55Cl3N6O9/c1-24(2)33(34(51)45-26(4)35(52)50-21-9-10-31(48-50)36(53)57-23-41(42,43)44)58-37(54)40(19-16-29(17-20-40)49-56-8)18-15-27-11-12-28-13-14-30(47-32(28)22-27)25(3)46-38(55)59-39(5,6)7/h11-15,18,22,24-26,31,33,48H,9-10,16-17,19-21,23H2,1-8H3,(H,45,51)(H,46,55). The minimum atomic E-state index is -1.78. The molecule has 1 aromatic carbocycles. The minimum absolute atomic E-state index is 0.276. The van der Waals surface area contributed by atoms with Crippen molar-refractivity contribution in [2.75, 3.05) is 20.3 Å². The number of benzene rings is 1. The second kappa shape index (κ2) is 20.4. The van der Waals surface area contributed by atoms with Crippen molar-refractivity contribution in [1.29, 1.82) is 0 Å². The number of fused-ring (bicyclic) bond motifs is 1. The van der Waals surface area contributed by atoms with Gasteiger partial charge in [-0.15, -0.1) is 0 Å². The smallest absolute Gasteiger partial charge is 0.408 e. The molecular formula is C41H55Cl3N6O9. The number of esters is 2. The molecule has 0 radical (unpaired) electrons. The van der Waals surface area contributed by atoms with Crippen LogP contribution >= 0.6 is 34.8 Å². The number of carbonyl (C=O) groups excluding carboxylic acids is 5. The first kappa shape index (κ1) is 47.5. The highest BCUT2D eigenvalue weighted by atomic mass is 35.6. The van der Waals surface area contributed by atoms with Crippen LogP contribution in [0.2, 0.25) is 0 Å². The van der Waals surface area contributed by atoms with E-state index in [0.29, 0.717) is 49.7 Å². The number of alkyl carbamates (subject to hydrolysis) is 1. The van der Waals surface area contributed by atoms with Crippen LogP contribution in [0.4, 0.5) is 4.79 Å². The van der Waals surface area contributed by atoms with Crippen molar-refractivity contribution in [3.05, 3.63) is 47.7 Å². The summed E-state index contributed by atoms with van der Waals surface area (Å²) < 4.78 is 14.7. The van der Waals surface area contributed by atoms with E-state index in [0.717, 1.165) is 16.7 Å². The van der Waals surface area contributed by atoms with Gasteiger partial charge in [-0.2, -0.15) is 0 Å². The fourth-order valence-corrected chi connectivity index (χ4v) is 6.80. The van der Waals surface area contributed by atoms with Crippen LogP contribution in [0.15, 0.2) is 41.6 Å². The van der Waals surface area contributed by atoms with Crippen LogP contribution in [-0.4, -0.2) is 93.4 Å². The number of halogens is 3. The van der Waals surface area contributed by atoms with Gasteiger partial charge in [-0.25, -0.2) is 10.2 Å². The summed E-state index contributed by atoms with van der Waals surface area (Å²) >= 11 is 17.1. The van der Waals surface area contributed by atoms with Gasteiger partial charge in [-0.05, 0) is 96.8 Å². The highest BCUT2D eigenvalue weighted by Crippen LogP contribution is 2.40. The second-order valence-electron chi connectivity index (χ2n) is 16.2. The first-order valence-electron chi connectivity index (χ1n) is 19.6. The molecular weight excluding hydrogens is 827 g/mol. The summed E-state index contributed by atoms with van der Waals surface area (Å²) in [5, 5.41) is 11.8. The summed E-state index contributed by atoms with van der Waals surface area (Å²) in [5.41, 5.74) is 3.99. The van der Waals surface area contributed by atoms with Crippen molar-refractivity contribution in [2.45, 2.75) is 121 Å². The van der Waals surface area contributed by atoms with Crippen molar-refractivity contribution >= 4 is 87.3 Å². The lowest BCUT2D eigenvalue weighted by molar-refractivity contribution is -0.167. The number of hydrogen-bond acceptors (Lipinski definition) is 12. The Morgan fingerprint density at radius 3 is 2.34 bits per heavy atom. The van der Waals surface area contributed by atoms with Gasteiger partial charge in [-0.3, -0.25) is 29.2 Å². The van der Waals surface area contributed by atoms with Gasteiger partial charge in [0.1, 0.15) is 31.4 Å². The van der Waals surface area contributed by atoms with E-state index >= 15 is 0 Å². The van der Waals surface area contributed by atoms with Crippen LogP contribution in [0.3, 0.4) is 0 Å². The number of oxime groups is 1. The Bertz CT molecular complexity index is 1900. The zero-order valence-corrected chi connectivity index (χ0v) is 37.0. The topological polar surface area (TPSA) is 187 Å². The van der Waals surface area contributed by atoms with Crippen molar-refractivity contribution in [3.63, 3.8) is 0 Å². The Morgan fingerprint density at radius 2 is 1.71 bits per heavy atom.